The molecule has 1 heterocycles. The van der Waals surface area contributed by atoms with E-state index in [0.29, 0.717) is 35.6 Å². The van der Waals surface area contributed by atoms with Crippen LogP contribution in [-0.4, -0.2) is 27.0 Å². The van der Waals surface area contributed by atoms with E-state index >= 15 is 0 Å². The number of nitrogens with one attached hydrogen (secondary N) is 1. The second-order valence-electron chi connectivity index (χ2n) is 7.49. The van der Waals surface area contributed by atoms with Crippen LogP contribution in [0, 0.1) is 15.9 Å². The number of aliphatic imine (C=N–C) groups is 1. The number of benzene rings is 3. The zero-order valence-corrected chi connectivity index (χ0v) is 17.9. The molecular formula is C25H21FN4O3. The Morgan fingerprint density at radius 2 is 1.70 bits per heavy atom. The topological polar surface area (TPSA) is 93.3 Å². The van der Waals surface area contributed by atoms with Crippen molar-refractivity contribution in [2.24, 2.45) is 4.99 Å². The van der Waals surface area contributed by atoms with Crippen LogP contribution in [0.4, 0.5) is 10.1 Å². The largest absolute Gasteiger partial charge is 0.290 e. The van der Waals surface area contributed by atoms with E-state index in [1.54, 1.807) is 19.1 Å². The zero-order valence-electron chi connectivity index (χ0n) is 17.9. The number of nitrogens with zero attached hydrogens (tertiary/aromatic N) is 3. The van der Waals surface area contributed by atoms with Gasteiger partial charge in [-0.15, -0.1) is 0 Å². The van der Waals surface area contributed by atoms with Crippen LogP contribution in [0.1, 0.15) is 18.1 Å². The highest BCUT2D eigenvalue weighted by molar-refractivity contribution is 6.03. The molecule has 7 nitrogen and oxygen atoms in total. The normalized spacial score (nSPS) is 11.5. The number of aromatic amines is 1. The number of nitro groups is 1. The Morgan fingerprint density at radius 1 is 1.03 bits per heavy atom. The molecule has 3 aromatic carbocycles. The molecule has 0 fully saturated rings. The van der Waals surface area contributed by atoms with E-state index in [1.807, 2.05) is 30.3 Å². The number of hydrogen-bond acceptors (Lipinski definition) is 4. The smallest absolute Gasteiger partial charge is 0.280 e. The molecule has 0 aliphatic rings. The van der Waals surface area contributed by atoms with Crippen molar-refractivity contribution < 1.29 is 9.31 Å². The van der Waals surface area contributed by atoms with Gasteiger partial charge in [-0.2, -0.15) is 0 Å². The number of non-ortho nitro benzene ring substituents is 1. The van der Waals surface area contributed by atoms with Gasteiger partial charge in [0.25, 0.3) is 11.2 Å². The fraction of sp³-hybridized carbons (Fsp3) is 0.120. The lowest BCUT2D eigenvalue weighted by Crippen LogP contribution is -2.20. The van der Waals surface area contributed by atoms with Crippen molar-refractivity contribution >= 4 is 11.4 Å². The van der Waals surface area contributed by atoms with Crippen LogP contribution in [0.3, 0.4) is 0 Å². The summed E-state index contributed by atoms with van der Waals surface area (Å²) in [5.41, 5.74) is 3.50. The number of halogens is 1. The molecule has 0 saturated heterocycles. The first-order chi connectivity index (χ1) is 15.9. The molecule has 0 saturated carbocycles. The second-order valence-corrected chi connectivity index (χ2v) is 7.49. The van der Waals surface area contributed by atoms with E-state index < -0.39 is 4.92 Å². The average molecular weight is 444 g/mol. The van der Waals surface area contributed by atoms with Gasteiger partial charge < -0.3 is 0 Å². The molecule has 0 unspecified atom stereocenters. The fourth-order valence-electron chi connectivity index (χ4n) is 3.57. The first kappa shape index (κ1) is 21.9. The fourth-order valence-corrected chi connectivity index (χ4v) is 3.57. The van der Waals surface area contributed by atoms with Crippen molar-refractivity contribution in [3.63, 3.8) is 0 Å². The molecule has 0 amide bonds. The maximum Gasteiger partial charge on any atom is 0.280 e. The van der Waals surface area contributed by atoms with E-state index in [2.05, 4.69) is 10.1 Å². The number of hydrogen-bond donors (Lipinski definition) is 1. The van der Waals surface area contributed by atoms with Crippen LogP contribution >= 0.6 is 0 Å². The molecule has 0 aliphatic carbocycles. The average Bonchev–Trinajstić information content (AvgIpc) is 3.18. The van der Waals surface area contributed by atoms with Crippen molar-refractivity contribution in [2.45, 2.75) is 13.3 Å². The Balaban J connectivity index is 1.71. The molecule has 33 heavy (non-hydrogen) atoms. The lowest BCUT2D eigenvalue weighted by atomic mass is 10.1. The quantitative estimate of drug-likeness (QED) is 0.249. The first-order valence-corrected chi connectivity index (χ1v) is 10.3. The predicted molar refractivity (Wildman–Crippen MR) is 126 cm³/mol. The van der Waals surface area contributed by atoms with Crippen molar-refractivity contribution in [1.82, 2.24) is 9.78 Å². The first-order valence-electron chi connectivity index (χ1n) is 10.3. The summed E-state index contributed by atoms with van der Waals surface area (Å²) in [6.45, 7) is 2.22. The van der Waals surface area contributed by atoms with Gasteiger partial charge in [-0.1, -0.05) is 42.5 Å². The van der Waals surface area contributed by atoms with Crippen LogP contribution < -0.4 is 5.56 Å². The molecule has 1 aromatic heterocycles. The van der Waals surface area contributed by atoms with Gasteiger partial charge >= 0.3 is 0 Å². The van der Waals surface area contributed by atoms with Gasteiger partial charge in [-0.05, 0) is 43.2 Å². The van der Waals surface area contributed by atoms with Crippen LogP contribution in [0.25, 0.3) is 16.9 Å². The Morgan fingerprint density at radius 3 is 2.33 bits per heavy atom. The Labute approximate surface area is 189 Å². The number of rotatable bonds is 7. The summed E-state index contributed by atoms with van der Waals surface area (Å²) < 4.78 is 14.5. The van der Waals surface area contributed by atoms with E-state index in [-0.39, 0.29) is 17.1 Å². The van der Waals surface area contributed by atoms with Gasteiger partial charge in [0.15, 0.2) is 0 Å². The summed E-state index contributed by atoms with van der Waals surface area (Å²) in [7, 11) is 0. The summed E-state index contributed by atoms with van der Waals surface area (Å²) in [6, 6.07) is 21.4. The van der Waals surface area contributed by atoms with Gasteiger partial charge in [0.2, 0.25) is 0 Å². The lowest BCUT2D eigenvalue weighted by Gasteiger charge is -2.03. The third-order valence-electron chi connectivity index (χ3n) is 5.30. The molecule has 0 atom stereocenters. The van der Waals surface area contributed by atoms with Crippen LogP contribution in [-0.2, 0) is 6.42 Å². The summed E-state index contributed by atoms with van der Waals surface area (Å²) in [5.74, 6) is -0.287. The maximum absolute atomic E-state index is 13.4. The Bertz CT molecular complexity index is 1360. The number of H-pyrrole nitrogens is 1. The van der Waals surface area contributed by atoms with Crippen molar-refractivity contribution in [3.8, 4) is 16.9 Å². The van der Waals surface area contributed by atoms with Gasteiger partial charge in [0, 0.05) is 30.0 Å². The molecule has 0 radical (unpaired) electrons. The Hall–Kier alpha value is -4.33. The van der Waals surface area contributed by atoms with Gasteiger partial charge in [-0.3, -0.25) is 25.0 Å². The van der Waals surface area contributed by atoms with Crippen molar-refractivity contribution in [3.05, 3.63) is 116 Å². The minimum atomic E-state index is -0.486. The molecule has 0 spiro atoms. The lowest BCUT2D eigenvalue weighted by molar-refractivity contribution is -0.384. The zero-order chi connectivity index (χ0) is 23.4. The van der Waals surface area contributed by atoms with Gasteiger partial charge in [0.05, 0.1) is 21.9 Å². The van der Waals surface area contributed by atoms with Crippen molar-refractivity contribution in [2.75, 3.05) is 6.54 Å². The molecule has 1 N–H and O–H groups in total. The number of aromatic nitrogens is 2. The van der Waals surface area contributed by atoms with Gasteiger partial charge in [-0.25, -0.2) is 9.07 Å². The summed E-state index contributed by atoms with van der Waals surface area (Å²) in [5, 5.41) is 14.1. The van der Waals surface area contributed by atoms with Crippen LogP contribution in [0.5, 0.6) is 0 Å². The Kier molecular flexibility index (Phi) is 6.26. The standard InChI is InChI=1S/C25H21FN4O3/c1-17(27-16-15-18-7-9-20(26)10-8-18)23-24(19-5-3-2-4-6-19)28-29(25(23)31)21-11-13-22(14-12-21)30(32)33/h2-14,28H,15-16H2,1H3. The third kappa shape index (κ3) is 4.79. The predicted octanol–water partition coefficient (Wildman–Crippen LogP) is 4.93. The van der Waals surface area contributed by atoms with E-state index in [0.717, 1.165) is 11.1 Å². The SMILES string of the molecule is CC(=NCCc1ccc(F)cc1)c1c(-c2ccccc2)[nH]n(-c2ccc([N+](=O)[O-])cc2)c1=O. The maximum atomic E-state index is 13.4. The van der Waals surface area contributed by atoms with Crippen molar-refractivity contribution in [1.29, 1.82) is 0 Å². The minimum absolute atomic E-state index is 0.0552. The van der Waals surface area contributed by atoms with Crippen LogP contribution in [0.15, 0.2) is 88.6 Å². The van der Waals surface area contributed by atoms with Gasteiger partial charge in [0.1, 0.15) is 5.82 Å². The molecule has 166 valence electrons. The van der Waals surface area contributed by atoms with E-state index in [9.17, 15) is 19.3 Å². The molecule has 0 aliphatic heterocycles. The molecule has 8 heteroatoms. The number of nitro benzene ring substituents is 1. The summed E-state index contributed by atoms with van der Waals surface area (Å²) in [4.78, 5) is 28.4. The minimum Gasteiger partial charge on any atom is -0.290 e. The monoisotopic (exact) mass is 444 g/mol. The highest BCUT2D eigenvalue weighted by atomic mass is 19.1. The van der Waals surface area contributed by atoms with E-state index in [4.69, 9.17) is 0 Å². The molecule has 4 rings (SSSR count). The summed E-state index contributed by atoms with van der Waals surface area (Å²) >= 11 is 0. The molecular weight excluding hydrogens is 423 g/mol. The summed E-state index contributed by atoms with van der Waals surface area (Å²) in [6.07, 6.45) is 0.610. The highest BCUT2D eigenvalue weighted by Crippen LogP contribution is 2.22. The highest BCUT2D eigenvalue weighted by Gasteiger charge is 2.19. The van der Waals surface area contributed by atoms with E-state index in [1.165, 1.54) is 41.1 Å². The molecule has 0 bridgehead atoms. The van der Waals surface area contributed by atoms with Crippen LogP contribution in [0.2, 0.25) is 0 Å². The molecule has 4 aromatic rings. The second kappa shape index (κ2) is 9.44. The third-order valence-corrected chi connectivity index (χ3v) is 5.30.